The number of nitrogens with zero attached hydrogens (tertiary/aromatic N) is 3. The van der Waals surface area contributed by atoms with Crippen LogP contribution in [0.4, 0.5) is 11.4 Å². The molecule has 1 saturated heterocycles. The summed E-state index contributed by atoms with van der Waals surface area (Å²) in [5.41, 5.74) is 2.79. The number of amides is 1. The van der Waals surface area contributed by atoms with Crippen molar-refractivity contribution in [1.29, 1.82) is 0 Å². The van der Waals surface area contributed by atoms with Crippen molar-refractivity contribution in [2.45, 2.75) is 13.8 Å². The molecule has 1 amide bonds. The molecule has 27 heavy (non-hydrogen) atoms. The fraction of sp³-hybridized carbons (Fsp3) is 0.350. The standard InChI is InChI=1S/C20H23N3O4/c1-15-5-3-7-17(13-15)21-9-11-22(12-10-21)19(24)14-27-18-8-4-6-16(2)20(18)23(25)26/h3-8,13H,9-12,14H2,1-2H3. The van der Waals surface area contributed by atoms with Gasteiger partial charge in [0.05, 0.1) is 4.92 Å². The Morgan fingerprint density at radius 1 is 1.11 bits per heavy atom. The Labute approximate surface area is 158 Å². The number of carbonyl (C=O) groups excluding carboxylic acids is 1. The van der Waals surface area contributed by atoms with Crippen LogP contribution in [0.2, 0.25) is 0 Å². The Hall–Kier alpha value is -3.09. The van der Waals surface area contributed by atoms with Crippen molar-refractivity contribution in [3.63, 3.8) is 0 Å². The molecule has 1 aliphatic heterocycles. The van der Waals surface area contributed by atoms with Crippen molar-refractivity contribution < 1.29 is 14.5 Å². The van der Waals surface area contributed by atoms with Gasteiger partial charge in [0.15, 0.2) is 12.4 Å². The minimum absolute atomic E-state index is 0.0884. The smallest absolute Gasteiger partial charge is 0.313 e. The van der Waals surface area contributed by atoms with Crippen LogP contribution in [0.3, 0.4) is 0 Å². The summed E-state index contributed by atoms with van der Waals surface area (Å²) < 4.78 is 5.48. The first-order valence-electron chi connectivity index (χ1n) is 8.92. The zero-order valence-corrected chi connectivity index (χ0v) is 15.6. The van der Waals surface area contributed by atoms with Crippen LogP contribution < -0.4 is 9.64 Å². The van der Waals surface area contributed by atoms with Crippen LogP contribution in [0.1, 0.15) is 11.1 Å². The van der Waals surface area contributed by atoms with Gasteiger partial charge < -0.3 is 14.5 Å². The lowest BCUT2D eigenvalue weighted by atomic mass is 10.2. The van der Waals surface area contributed by atoms with Gasteiger partial charge in [-0.1, -0.05) is 24.3 Å². The Morgan fingerprint density at radius 2 is 1.81 bits per heavy atom. The molecule has 0 radical (unpaired) electrons. The highest BCUT2D eigenvalue weighted by Crippen LogP contribution is 2.30. The van der Waals surface area contributed by atoms with Crippen molar-refractivity contribution >= 4 is 17.3 Å². The molecule has 0 atom stereocenters. The van der Waals surface area contributed by atoms with Crippen LogP contribution in [0.15, 0.2) is 42.5 Å². The van der Waals surface area contributed by atoms with Gasteiger partial charge in [-0.25, -0.2) is 0 Å². The number of nitro groups is 1. The Morgan fingerprint density at radius 3 is 2.48 bits per heavy atom. The zero-order chi connectivity index (χ0) is 19.4. The largest absolute Gasteiger partial charge is 0.477 e. The first kappa shape index (κ1) is 18.7. The number of rotatable bonds is 5. The van der Waals surface area contributed by atoms with Gasteiger partial charge in [-0.3, -0.25) is 14.9 Å². The summed E-state index contributed by atoms with van der Waals surface area (Å²) in [5, 5.41) is 11.2. The predicted molar refractivity (Wildman–Crippen MR) is 103 cm³/mol. The maximum atomic E-state index is 12.4. The number of para-hydroxylation sites is 1. The first-order valence-corrected chi connectivity index (χ1v) is 8.92. The highest BCUT2D eigenvalue weighted by Gasteiger charge is 2.23. The number of aryl methyl sites for hydroxylation is 2. The van der Waals surface area contributed by atoms with E-state index in [1.807, 2.05) is 6.07 Å². The maximum Gasteiger partial charge on any atom is 0.313 e. The van der Waals surface area contributed by atoms with Crippen molar-refractivity contribution in [3.05, 3.63) is 63.7 Å². The van der Waals surface area contributed by atoms with E-state index in [0.29, 0.717) is 18.7 Å². The van der Waals surface area contributed by atoms with Crippen LogP contribution in [-0.4, -0.2) is 48.5 Å². The van der Waals surface area contributed by atoms with E-state index >= 15 is 0 Å². The third kappa shape index (κ3) is 4.36. The normalized spacial score (nSPS) is 14.1. The van der Waals surface area contributed by atoms with Gasteiger partial charge in [-0.2, -0.15) is 0 Å². The summed E-state index contributed by atoms with van der Waals surface area (Å²) in [4.78, 5) is 27.2. The lowest BCUT2D eigenvalue weighted by Crippen LogP contribution is -2.50. The summed E-state index contributed by atoms with van der Waals surface area (Å²) >= 11 is 0. The van der Waals surface area contributed by atoms with Crippen LogP contribution in [0.25, 0.3) is 0 Å². The first-order chi connectivity index (χ1) is 13.0. The molecule has 0 unspecified atom stereocenters. The third-order valence-electron chi connectivity index (χ3n) is 4.73. The molecule has 142 valence electrons. The van der Waals surface area contributed by atoms with Gasteiger partial charge in [-0.05, 0) is 37.6 Å². The lowest BCUT2D eigenvalue weighted by Gasteiger charge is -2.36. The minimum Gasteiger partial charge on any atom is -0.477 e. The predicted octanol–water partition coefficient (Wildman–Crippen LogP) is 2.94. The number of carbonyl (C=O) groups is 1. The zero-order valence-electron chi connectivity index (χ0n) is 15.6. The monoisotopic (exact) mass is 369 g/mol. The van der Waals surface area contributed by atoms with Crippen LogP contribution in [-0.2, 0) is 4.79 Å². The highest BCUT2D eigenvalue weighted by molar-refractivity contribution is 5.78. The molecule has 1 heterocycles. The number of benzene rings is 2. The third-order valence-corrected chi connectivity index (χ3v) is 4.73. The number of ether oxygens (including phenoxy) is 1. The van der Waals surface area contributed by atoms with Crippen molar-refractivity contribution in [2.75, 3.05) is 37.7 Å². The summed E-state index contributed by atoms with van der Waals surface area (Å²) in [6, 6.07) is 13.2. The molecule has 1 fully saturated rings. The van der Waals surface area contributed by atoms with Gasteiger partial charge in [0, 0.05) is 37.4 Å². The molecule has 0 spiro atoms. The number of piperazine rings is 1. The highest BCUT2D eigenvalue weighted by atomic mass is 16.6. The molecule has 2 aromatic carbocycles. The summed E-state index contributed by atoms with van der Waals surface area (Å²) in [5.74, 6) is -0.0264. The van der Waals surface area contributed by atoms with Crippen LogP contribution in [0, 0.1) is 24.0 Å². The second kappa shape index (κ2) is 8.07. The lowest BCUT2D eigenvalue weighted by molar-refractivity contribution is -0.386. The van der Waals surface area contributed by atoms with Crippen molar-refractivity contribution in [1.82, 2.24) is 4.90 Å². The van der Waals surface area contributed by atoms with Gasteiger partial charge in [0.25, 0.3) is 5.91 Å². The van der Waals surface area contributed by atoms with E-state index in [1.54, 1.807) is 24.0 Å². The molecular formula is C20H23N3O4. The molecule has 7 nitrogen and oxygen atoms in total. The molecule has 7 heteroatoms. The molecule has 0 aromatic heterocycles. The SMILES string of the molecule is Cc1cccc(N2CCN(C(=O)COc3cccc(C)c3[N+](=O)[O-])CC2)c1. The summed E-state index contributed by atoms with van der Waals surface area (Å²) in [6.07, 6.45) is 0. The Kier molecular flexibility index (Phi) is 5.59. The number of hydrogen-bond donors (Lipinski definition) is 0. The molecule has 0 N–H and O–H groups in total. The average molecular weight is 369 g/mol. The van der Waals surface area contributed by atoms with E-state index in [2.05, 4.69) is 30.0 Å². The maximum absolute atomic E-state index is 12.4. The van der Waals surface area contributed by atoms with E-state index in [4.69, 9.17) is 4.74 Å². The van der Waals surface area contributed by atoms with E-state index in [1.165, 1.54) is 11.6 Å². The second-order valence-electron chi connectivity index (χ2n) is 6.67. The molecule has 0 aliphatic carbocycles. The van der Waals surface area contributed by atoms with Crippen LogP contribution >= 0.6 is 0 Å². The molecule has 0 saturated carbocycles. The molecule has 1 aliphatic rings. The van der Waals surface area contributed by atoms with E-state index in [0.717, 1.165) is 18.8 Å². The second-order valence-corrected chi connectivity index (χ2v) is 6.67. The van der Waals surface area contributed by atoms with E-state index in [-0.39, 0.29) is 24.0 Å². The Bertz CT molecular complexity index is 845. The molecule has 2 aromatic rings. The molecule has 0 bridgehead atoms. The van der Waals surface area contributed by atoms with Crippen LogP contribution in [0.5, 0.6) is 5.75 Å². The van der Waals surface area contributed by atoms with Gasteiger partial charge in [0.1, 0.15) is 0 Å². The quantitative estimate of drug-likeness (QED) is 0.598. The fourth-order valence-electron chi connectivity index (χ4n) is 3.25. The number of anilines is 1. The fourth-order valence-corrected chi connectivity index (χ4v) is 3.25. The van der Waals surface area contributed by atoms with Crippen molar-refractivity contribution in [2.24, 2.45) is 0 Å². The number of nitro benzene ring substituents is 1. The van der Waals surface area contributed by atoms with Gasteiger partial charge >= 0.3 is 5.69 Å². The van der Waals surface area contributed by atoms with E-state index in [9.17, 15) is 14.9 Å². The van der Waals surface area contributed by atoms with Crippen molar-refractivity contribution in [3.8, 4) is 5.75 Å². The molecular weight excluding hydrogens is 346 g/mol. The van der Waals surface area contributed by atoms with Gasteiger partial charge in [-0.15, -0.1) is 0 Å². The van der Waals surface area contributed by atoms with E-state index < -0.39 is 4.92 Å². The average Bonchev–Trinajstić information content (AvgIpc) is 2.66. The topological polar surface area (TPSA) is 75.9 Å². The summed E-state index contributed by atoms with van der Waals surface area (Å²) in [6.45, 7) is 6.22. The van der Waals surface area contributed by atoms with Gasteiger partial charge in [0.2, 0.25) is 0 Å². The molecule has 3 rings (SSSR count). The minimum atomic E-state index is -0.476. The summed E-state index contributed by atoms with van der Waals surface area (Å²) in [7, 11) is 0. The number of hydrogen-bond acceptors (Lipinski definition) is 5. The Balaban J connectivity index is 1.56.